The second-order valence-corrected chi connectivity index (χ2v) is 5.22. The third-order valence-electron chi connectivity index (χ3n) is 3.62. The second-order valence-electron chi connectivity index (χ2n) is 5.22. The van der Waals surface area contributed by atoms with E-state index in [1.807, 2.05) is 4.57 Å². The van der Waals surface area contributed by atoms with Gasteiger partial charge in [-0.05, 0) is 12.1 Å². The maximum atomic E-state index is 12.3. The highest BCUT2D eigenvalue weighted by molar-refractivity contribution is 5.93. The van der Waals surface area contributed by atoms with Gasteiger partial charge in [0, 0.05) is 25.9 Å². The predicted octanol–water partition coefficient (Wildman–Crippen LogP) is 1.57. The number of ether oxygens (including phenoxy) is 1. The third-order valence-corrected chi connectivity index (χ3v) is 3.62. The molecule has 0 radical (unpaired) electrons. The molecule has 3 rings (SSSR count). The molecule has 0 bridgehead atoms. The Morgan fingerprint density at radius 1 is 1.38 bits per heavy atom. The molecular formula is C17H17N3O4. The van der Waals surface area contributed by atoms with E-state index in [0.29, 0.717) is 24.1 Å². The van der Waals surface area contributed by atoms with E-state index >= 15 is 0 Å². The lowest BCUT2D eigenvalue weighted by Crippen LogP contribution is -2.25. The molecule has 1 aromatic carbocycles. The number of amides is 1. The van der Waals surface area contributed by atoms with Crippen LogP contribution in [0.3, 0.4) is 0 Å². The summed E-state index contributed by atoms with van der Waals surface area (Å²) in [5.41, 5.74) is 0.982. The highest BCUT2D eigenvalue weighted by Gasteiger charge is 2.13. The maximum absolute atomic E-state index is 12.3. The minimum absolute atomic E-state index is 0.0124. The molecule has 2 aromatic heterocycles. The van der Waals surface area contributed by atoms with Gasteiger partial charge in [0.15, 0.2) is 11.2 Å². The van der Waals surface area contributed by atoms with Crippen molar-refractivity contribution < 1.29 is 13.9 Å². The standard InChI is InChI=1S/C17H17N3O4/c1-23-7-6-20-11-18-9-12(20)10-19-17(22)16-8-14(21)13-4-2-3-5-15(13)24-16/h2-5,8-9,11H,6-7,10H2,1H3,(H,19,22). The molecule has 0 unspecified atom stereocenters. The van der Waals surface area contributed by atoms with Crippen LogP contribution in [0.4, 0.5) is 0 Å². The fourth-order valence-corrected chi connectivity index (χ4v) is 2.36. The van der Waals surface area contributed by atoms with Crippen LogP contribution in [0.15, 0.2) is 52.1 Å². The lowest BCUT2D eigenvalue weighted by atomic mass is 10.2. The van der Waals surface area contributed by atoms with Gasteiger partial charge in [0.1, 0.15) is 5.58 Å². The molecule has 0 saturated heterocycles. The molecule has 0 saturated carbocycles. The molecule has 3 aromatic rings. The number of benzene rings is 1. The van der Waals surface area contributed by atoms with Gasteiger partial charge in [0.2, 0.25) is 0 Å². The van der Waals surface area contributed by atoms with Crippen molar-refractivity contribution in [2.75, 3.05) is 13.7 Å². The molecule has 0 aliphatic heterocycles. The number of nitrogens with zero attached hydrogens (tertiary/aromatic N) is 2. The molecular weight excluding hydrogens is 310 g/mol. The zero-order valence-corrected chi connectivity index (χ0v) is 13.2. The smallest absolute Gasteiger partial charge is 0.287 e. The first-order chi connectivity index (χ1) is 11.7. The lowest BCUT2D eigenvalue weighted by Gasteiger charge is -2.09. The predicted molar refractivity (Wildman–Crippen MR) is 87.8 cm³/mol. The fourth-order valence-electron chi connectivity index (χ4n) is 2.36. The second kappa shape index (κ2) is 7.10. The molecule has 7 heteroatoms. The summed E-state index contributed by atoms with van der Waals surface area (Å²) in [4.78, 5) is 28.4. The number of hydrogen-bond donors (Lipinski definition) is 1. The maximum Gasteiger partial charge on any atom is 0.287 e. The zero-order valence-electron chi connectivity index (χ0n) is 13.2. The van der Waals surface area contributed by atoms with Crippen molar-refractivity contribution in [1.82, 2.24) is 14.9 Å². The van der Waals surface area contributed by atoms with E-state index in [1.165, 1.54) is 6.07 Å². The SMILES string of the molecule is COCCn1cncc1CNC(=O)c1cc(=O)c2ccccc2o1. The van der Waals surface area contributed by atoms with Crippen molar-refractivity contribution in [2.24, 2.45) is 0 Å². The van der Waals surface area contributed by atoms with Crippen LogP contribution in [0.2, 0.25) is 0 Å². The fraction of sp³-hybridized carbons (Fsp3) is 0.235. The molecule has 0 aliphatic rings. The van der Waals surface area contributed by atoms with Crippen molar-refractivity contribution in [3.63, 3.8) is 0 Å². The van der Waals surface area contributed by atoms with Crippen LogP contribution in [0, 0.1) is 0 Å². The number of methoxy groups -OCH3 is 1. The zero-order chi connectivity index (χ0) is 16.9. The van der Waals surface area contributed by atoms with Gasteiger partial charge in [-0.2, -0.15) is 0 Å². The first kappa shape index (κ1) is 15.9. The van der Waals surface area contributed by atoms with Crippen molar-refractivity contribution in [3.8, 4) is 0 Å². The molecule has 1 N–H and O–H groups in total. The van der Waals surface area contributed by atoms with Crippen LogP contribution in [0.25, 0.3) is 11.0 Å². The number of para-hydroxylation sites is 1. The van der Waals surface area contributed by atoms with Gasteiger partial charge in [-0.3, -0.25) is 9.59 Å². The third kappa shape index (κ3) is 3.36. The Labute approximate surface area is 137 Å². The van der Waals surface area contributed by atoms with Crippen LogP contribution in [0.1, 0.15) is 16.2 Å². The monoisotopic (exact) mass is 327 g/mol. The van der Waals surface area contributed by atoms with E-state index in [9.17, 15) is 9.59 Å². The van der Waals surface area contributed by atoms with E-state index < -0.39 is 5.91 Å². The number of rotatable bonds is 6. The van der Waals surface area contributed by atoms with E-state index in [4.69, 9.17) is 9.15 Å². The van der Waals surface area contributed by atoms with Gasteiger partial charge in [0.05, 0.1) is 30.6 Å². The first-order valence-corrected chi connectivity index (χ1v) is 7.48. The number of fused-ring (bicyclic) bond motifs is 1. The number of carbonyl (C=O) groups is 1. The topological polar surface area (TPSA) is 86.4 Å². The van der Waals surface area contributed by atoms with Crippen molar-refractivity contribution in [2.45, 2.75) is 13.1 Å². The molecule has 0 aliphatic carbocycles. The summed E-state index contributed by atoms with van der Waals surface area (Å²) in [5.74, 6) is -0.459. The van der Waals surface area contributed by atoms with Crippen LogP contribution in [-0.2, 0) is 17.8 Å². The Morgan fingerprint density at radius 3 is 3.04 bits per heavy atom. The normalized spacial score (nSPS) is 10.9. The molecule has 7 nitrogen and oxygen atoms in total. The Balaban J connectivity index is 1.74. The summed E-state index contributed by atoms with van der Waals surface area (Å²) >= 11 is 0. The number of nitrogens with one attached hydrogen (secondary N) is 1. The molecule has 0 spiro atoms. The van der Waals surface area contributed by atoms with Crippen molar-refractivity contribution in [3.05, 3.63) is 64.5 Å². The lowest BCUT2D eigenvalue weighted by molar-refractivity contribution is 0.0922. The van der Waals surface area contributed by atoms with E-state index in [2.05, 4.69) is 10.3 Å². The number of aromatic nitrogens is 2. The van der Waals surface area contributed by atoms with Gasteiger partial charge in [-0.25, -0.2) is 4.98 Å². The Kier molecular flexibility index (Phi) is 4.72. The summed E-state index contributed by atoms with van der Waals surface area (Å²) < 4.78 is 12.4. The van der Waals surface area contributed by atoms with Crippen molar-refractivity contribution in [1.29, 1.82) is 0 Å². The highest BCUT2D eigenvalue weighted by Crippen LogP contribution is 2.11. The molecule has 124 valence electrons. The number of imidazole rings is 1. The summed E-state index contributed by atoms with van der Waals surface area (Å²) in [7, 11) is 1.63. The van der Waals surface area contributed by atoms with Crippen molar-refractivity contribution >= 4 is 16.9 Å². The molecule has 1 amide bonds. The average Bonchev–Trinajstić information content (AvgIpc) is 3.05. The van der Waals surface area contributed by atoms with Gasteiger partial charge in [-0.1, -0.05) is 12.1 Å². The summed E-state index contributed by atoms with van der Waals surface area (Å²) in [6, 6.07) is 8.03. The van der Waals surface area contributed by atoms with Gasteiger partial charge < -0.3 is 19.0 Å². The van der Waals surface area contributed by atoms with Gasteiger partial charge in [0.25, 0.3) is 5.91 Å². The molecule has 24 heavy (non-hydrogen) atoms. The van der Waals surface area contributed by atoms with Crippen LogP contribution in [0.5, 0.6) is 0 Å². The van der Waals surface area contributed by atoms with Gasteiger partial charge >= 0.3 is 0 Å². The quantitative estimate of drug-likeness (QED) is 0.742. The van der Waals surface area contributed by atoms with Crippen LogP contribution < -0.4 is 10.7 Å². The van der Waals surface area contributed by atoms with E-state index in [0.717, 1.165) is 5.69 Å². The van der Waals surface area contributed by atoms with E-state index in [-0.39, 0.29) is 17.7 Å². The average molecular weight is 327 g/mol. The molecule has 0 atom stereocenters. The molecule has 2 heterocycles. The summed E-state index contributed by atoms with van der Waals surface area (Å²) in [6.45, 7) is 1.47. The highest BCUT2D eigenvalue weighted by atomic mass is 16.5. The van der Waals surface area contributed by atoms with Crippen LogP contribution in [-0.4, -0.2) is 29.2 Å². The Hall–Kier alpha value is -2.93. The first-order valence-electron chi connectivity index (χ1n) is 7.48. The minimum Gasteiger partial charge on any atom is -0.451 e. The summed E-state index contributed by atoms with van der Waals surface area (Å²) in [5, 5.41) is 3.19. The minimum atomic E-state index is -0.447. The van der Waals surface area contributed by atoms with Crippen LogP contribution >= 0.6 is 0 Å². The number of hydrogen-bond acceptors (Lipinski definition) is 5. The Bertz CT molecular complexity index is 913. The Morgan fingerprint density at radius 2 is 2.21 bits per heavy atom. The largest absolute Gasteiger partial charge is 0.451 e. The van der Waals surface area contributed by atoms with Gasteiger partial charge in [-0.15, -0.1) is 0 Å². The summed E-state index contributed by atoms with van der Waals surface area (Å²) in [6.07, 6.45) is 3.35. The molecule has 0 fully saturated rings. The van der Waals surface area contributed by atoms with E-state index in [1.54, 1.807) is 43.9 Å². The number of carbonyl (C=O) groups excluding carboxylic acids is 1.